The van der Waals surface area contributed by atoms with Gasteiger partial charge in [0.1, 0.15) is 0 Å². The number of rotatable bonds is 7. The predicted octanol–water partition coefficient (Wildman–Crippen LogP) is 0.494. The molecule has 1 aromatic heterocycles. The average Bonchev–Trinajstić information content (AvgIpc) is 2.74. The Kier molecular flexibility index (Phi) is 7.05. The second kappa shape index (κ2) is 9.91. The molecule has 2 amide bonds. The Morgan fingerprint density at radius 1 is 1.18 bits per heavy atom. The van der Waals surface area contributed by atoms with E-state index in [9.17, 15) is 9.59 Å². The highest BCUT2D eigenvalue weighted by atomic mass is 16.5. The Bertz CT molecular complexity index is 807. The molecule has 0 spiro atoms. The molecule has 1 aliphatic heterocycles. The van der Waals surface area contributed by atoms with Crippen molar-refractivity contribution < 1.29 is 14.3 Å². The van der Waals surface area contributed by atoms with Gasteiger partial charge in [-0.2, -0.15) is 0 Å². The van der Waals surface area contributed by atoms with Gasteiger partial charge in [-0.1, -0.05) is 30.3 Å². The highest BCUT2D eigenvalue weighted by molar-refractivity contribution is 5.95. The molecule has 0 bridgehead atoms. The summed E-state index contributed by atoms with van der Waals surface area (Å²) < 4.78 is 5.29. The van der Waals surface area contributed by atoms with Crippen molar-refractivity contribution in [2.24, 2.45) is 0 Å². The fourth-order valence-electron chi connectivity index (χ4n) is 3.00. The maximum absolute atomic E-state index is 12.2. The predicted molar refractivity (Wildman–Crippen MR) is 105 cm³/mol. The van der Waals surface area contributed by atoms with Crippen LogP contribution >= 0.6 is 0 Å². The highest BCUT2D eigenvalue weighted by Crippen LogP contribution is 2.16. The Morgan fingerprint density at radius 2 is 1.93 bits per heavy atom. The molecule has 148 valence electrons. The molecule has 2 aromatic rings. The molecule has 0 saturated carbocycles. The monoisotopic (exact) mass is 383 g/mol. The summed E-state index contributed by atoms with van der Waals surface area (Å²) in [5.41, 5.74) is 1.91. The number of benzene rings is 1. The third-order valence-electron chi connectivity index (χ3n) is 4.53. The zero-order valence-electron chi connectivity index (χ0n) is 16.0. The first-order chi connectivity index (χ1) is 13.7. The van der Waals surface area contributed by atoms with Crippen molar-refractivity contribution in [3.63, 3.8) is 0 Å². The molecule has 8 heteroatoms. The summed E-state index contributed by atoms with van der Waals surface area (Å²) in [6, 6.07) is 9.59. The van der Waals surface area contributed by atoms with Crippen molar-refractivity contribution in [2.45, 2.75) is 6.42 Å². The van der Waals surface area contributed by atoms with Gasteiger partial charge in [0, 0.05) is 44.9 Å². The summed E-state index contributed by atoms with van der Waals surface area (Å²) in [5, 5.41) is 5.52. The van der Waals surface area contributed by atoms with Crippen LogP contribution < -0.4 is 10.6 Å². The van der Waals surface area contributed by atoms with E-state index in [2.05, 4.69) is 25.5 Å². The van der Waals surface area contributed by atoms with Gasteiger partial charge in [-0.25, -0.2) is 9.97 Å². The molecule has 1 saturated heterocycles. The van der Waals surface area contributed by atoms with E-state index in [0.717, 1.165) is 18.7 Å². The summed E-state index contributed by atoms with van der Waals surface area (Å²) in [5.74, 6) is 0.276. The molecule has 1 aromatic carbocycles. The Hall–Kier alpha value is -2.84. The minimum atomic E-state index is -0.241. The molecule has 3 rings (SSSR count). The van der Waals surface area contributed by atoms with Crippen LogP contribution in [-0.4, -0.2) is 73.1 Å². The second-order valence-corrected chi connectivity index (χ2v) is 6.49. The average molecular weight is 383 g/mol. The summed E-state index contributed by atoms with van der Waals surface area (Å²) in [6.07, 6.45) is 1.99. The van der Waals surface area contributed by atoms with Crippen LogP contribution in [0.1, 0.15) is 16.1 Å². The minimum absolute atomic E-state index is 0.0410. The first-order valence-corrected chi connectivity index (χ1v) is 9.37. The molecule has 8 nitrogen and oxygen atoms in total. The minimum Gasteiger partial charge on any atom is -0.379 e. The van der Waals surface area contributed by atoms with Crippen LogP contribution in [-0.2, 0) is 16.0 Å². The number of carbonyl (C=O) groups excluding carboxylic acids is 2. The zero-order valence-corrected chi connectivity index (χ0v) is 16.0. The first kappa shape index (κ1) is 19.9. The number of ether oxygens (including phenoxy) is 1. The smallest absolute Gasteiger partial charge is 0.254 e. The van der Waals surface area contributed by atoms with E-state index in [-0.39, 0.29) is 11.8 Å². The molecular formula is C20H25N5O3. The van der Waals surface area contributed by atoms with Crippen LogP contribution in [0.5, 0.6) is 0 Å². The molecule has 28 heavy (non-hydrogen) atoms. The van der Waals surface area contributed by atoms with Gasteiger partial charge in [0.2, 0.25) is 5.91 Å². The highest BCUT2D eigenvalue weighted by Gasteiger charge is 2.16. The quantitative estimate of drug-likeness (QED) is 0.723. The number of carbonyl (C=O) groups is 2. The van der Waals surface area contributed by atoms with Gasteiger partial charge >= 0.3 is 0 Å². The lowest BCUT2D eigenvalue weighted by Gasteiger charge is -2.25. The van der Waals surface area contributed by atoms with E-state index in [4.69, 9.17) is 4.74 Å². The van der Waals surface area contributed by atoms with E-state index in [1.165, 1.54) is 0 Å². The number of nitrogens with zero attached hydrogens (tertiary/aromatic N) is 3. The maximum atomic E-state index is 12.2. The van der Waals surface area contributed by atoms with E-state index >= 15 is 0 Å². The fourth-order valence-corrected chi connectivity index (χ4v) is 3.00. The van der Waals surface area contributed by atoms with Crippen LogP contribution in [0.2, 0.25) is 0 Å². The number of morpholine rings is 1. The molecule has 1 fully saturated rings. The van der Waals surface area contributed by atoms with Gasteiger partial charge in [0.25, 0.3) is 5.91 Å². The van der Waals surface area contributed by atoms with E-state index in [1.54, 1.807) is 13.2 Å². The lowest BCUT2D eigenvalue weighted by molar-refractivity contribution is -0.123. The van der Waals surface area contributed by atoms with Gasteiger partial charge in [-0.15, -0.1) is 0 Å². The normalized spacial score (nSPS) is 14.5. The second-order valence-electron chi connectivity index (χ2n) is 6.49. The van der Waals surface area contributed by atoms with Gasteiger partial charge in [0.15, 0.2) is 5.82 Å². The van der Waals surface area contributed by atoms with Crippen molar-refractivity contribution in [3.05, 3.63) is 47.8 Å². The molecule has 1 aliphatic rings. The van der Waals surface area contributed by atoms with E-state index in [1.807, 2.05) is 30.3 Å². The van der Waals surface area contributed by atoms with Crippen molar-refractivity contribution >= 4 is 11.8 Å². The van der Waals surface area contributed by atoms with Crippen molar-refractivity contribution in [2.75, 3.05) is 46.4 Å². The molecule has 0 atom stereocenters. The Labute approximate surface area is 164 Å². The Morgan fingerprint density at radius 3 is 2.64 bits per heavy atom. The van der Waals surface area contributed by atoms with Crippen molar-refractivity contribution in [3.8, 4) is 11.4 Å². The number of amides is 2. The van der Waals surface area contributed by atoms with Gasteiger partial charge in [-0.05, 0) is 0 Å². The van der Waals surface area contributed by atoms with Crippen LogP contribution in [0.4, 0.5) is 0 Å². The summed E-state index contributed by atoms with van der Waals surface area (Å²) >= 11 is 0. The molecule has 0 radical (unpaired) electrons. The molecule has 2 heterocycles. The van der Waals surface area contributed by atoms with Gasteiger partial charge in [-0.3, -0.25) is 14.5 Å². The molecular weight excluding hydrogens is 358 g/mol. The van der Waals surface area contributed by atoms with E-state index < -0.39 is 0 Å². The Balaban J connectivity index is 1.65. The van der Waals surface area contributed by atoms with Gasteiger partial charge < -0.3 is 15.4 Å². The third kappa shape index (κ3) is 5.34. The molecule has 0 aliphatic carbocycles. The van der Waals surface area contributed by atoms with Crippen LogP contribution in [0, 0.1) is 0 Å². The number of aromatic nitrogens is 2. The summed E-state index contributed by atoms with van der Waals surface area (Å²) in [6.45, 7) is 3.60. The maximum Gasteiger partial charge on any atom is 0.254 e. The molecule has 2 N–H and O–H groups in total. The summed E-state index contributed by atoms with van der Waals surface area (Å²) in [4.78, 5) is 35.3. The lowest BCUT2D eigenvalue weighted by atomic mass is 10.1. The standard InChI is InChI=1S/C20H25N5O3/c1-21-20(27)16-13-23-19(15-5-3-2-4-6-15)24-17(16)7-8-22-18(26)14-25-9-11-28-12-10-25/h2-6,13H,7-12,14H2,1H3,(H,21,27)(H,22,26). The SMILES string of the molecule is CNC(=O)c1cnc(-c2ccccc2)nc1CCNC(=O)CN1CCOCC1. The van der Waals surface area contributed by atoms with Crippen molar-refractivity contribution in [1.29, 1.82) is 0 Å². The number of nitrogens with one attached hydrogen (secondary N) is 2. The lowest BCUT2D eigenvalue weighted by Crippen LogP contribution is -2.43. The third-order valence-corrected chi connectivity index (χ3v) is 4.53. The van der Waals surface area contributed by atoms with Gasteiger partial charge in [0.05, 0.1) is 31.0 Å². The van der Waals surface area contributed by atoms with E-state index in [0.29, 0.717) is 49.8 Å². The summed E-state index contributed by atoms with van der Waals surface area (Å²) in [7, 11) is 1.57. The zero-order chi connectivity index (χ0) is 19.8. The largest absolute Gasteiger partial charge is 0.379 e. The first-order valence-electron chi connectivity index (χ1n) is 9.37. The number of hydrogen-bond donors (Lipinski definition) is 2. The van der Waals surface area contributed by atoms with Crippen molar-refractivity contribution in [1.82, 2.24) is 25.5 Å². The van der Waals surface area contributed by atoms with Crippen LogP contribution in [0.3, 0.4) is 0 Å². The van der Waals surface area contributed by atoms with Crippen LogP contribution in [0.15, 0.2) is 36.5 Å². The topological polar surface area (TPSA) is 96.4 Å². The number of hydrogen-bond acceptors (Lipinski definition) is 6. The molecule has 0 unspecified atom stereocenters. The fraction of sp³-hybridized carbons (Fsp3) is 0.400. The van der Waals surface area contributed by atoms with Crippen LogP contribution in [0.25, 0.3) is 11.4 Å².